The lowest BCUT2D eigenvalue weighted by Gasteiger charge is -2.12. The number of hydrogen-bond acceptors (Lipinski definition) is 2. The minimum absolute atomic E-state index is 0.195. The van der Waals surface area contributed by atoms with Crippen molar-refractivity contribution in [1.82, 2.24) is 4.98 Å². The van der Waals surface area contributed by atoms with E-state index in [1.807, 2.05) is 18.2 Å². The van der Waals surface area contributed by atoms with Crippen LogP contribution in [0.4, 0.5) is 4.39 Å². The van der Waals surface area contributed by atoms with Crippen LogP contribution in [-0.4, -0.2) is 4.98 Å². The van der Waals surface area contributed by atoms with E-state index in [4.69, 9.17) is 5.73 Å². The molecule has 2 N–H and O–H groups in total. The van der Waals surface area contributed by atoms with Gasteiger partial charge in [0.1, 0.15) is 5.82 Å². The van der Waals surface area contributed by atoms with Gasteiger partial charge in [0.2, 0.25) is 0 Å². The molecule has 0 fully saturated rings. The van der Waals surface area contributed by atoms with Crippen LogP contribution in [0.3, 0.4) is 0 Å². The van der Waals surface area contributed by atoms with Gasteiger partial charge in [-0.1, -0.05) is 18.2 Å². The Labute approximate surface area is 93.9 Å². The van der Waals surface area contributed by atoms with Gasteiger partial charge in [-0.25, -0.2) is 4.39 Å². The average molecular weight is 216 g/mol. The van der Waals surface area contributed by atoms with Gasteiger partial charge in [0.25, 0.3) is 0 Å². The van der Waals surface area contributed by atoms with E-state index in [0.717, 1.165) is 5.56 Å². The van der Waals surface area contributed by atoms with E-state index in [-0.39, 0.29) is 11.9 Å². The van der Waals surface area contributed by atoms with Crippen molar-refractivity contribution >= 4 is 0 Å². The predicted octanol–water partition coefficient (Wildman–Crippen LogP) is 2.46. The summed E-state index contributed by atoms with van der Waals surface area (Å²) >= 11 is 0. The van der Waals surface area contributed by atoms with Gasteiger partial charge in [-0.05, 0) is 35.7 Å². The van der Waals surface area contributed by atoms with Gasteiger partial charge in [0.05, 0.1) is 0 Å². The quantitative estimate of drug-likeness (QED) is 0.856. The van der Waals surface area contributed by atoms with Gasteiger partial charge in [-0.15, -0.1) is 0 Å². The van der Waals surface area contributed by atoms with Crippen LogP contribution < -0.4 is 5.73 Å². The van der Waals surface area contributed by atoms with Crippen molar-refractivity contribution in [2.24, 2.45) is 5.73 Å². The summed E-state index contributed by atoms with van der Waals surface area (Å²) in [6.07, 6.45) is 3.88. The van der Waals surface area contributed by atoms with Crippen molar-refractivity contribution in [2.75, 3.05) is 0 Å². The summed E-state index contributed by atoms with van der Waals surface area (Å²) in [4.78, 5) is 3.92. The van der Waals surface area contributed by atoms with Crippen LogP contribution in [0.1, 0.15) is 17.2 Å². The summed E-state index contributed by atoms with van der Waals surface area (Å²) in [6, 6.07) is 10.2. The van der Waals surface area contributed by atoms with E-state index in [1.54, 1.807) is 24.5 Å². The van der Waals surface area contributed by atoms with E-state index in [9.17, 15) is 4.39 Å². The average Bonchev–Trinajstić information content (AvgIpc) is 2.33. The number of benzene rings is 1. The number of hydrogen-bond donors (Lipinski definition) is 1. The third-order valence-electron chi connectivity index (χ3n) is 2.53. The highest BCUT2D eigenvalue weighted by Crippen LogP contribution is 2.17. The second kappa shape index (κ2) is 4.86. The number of pyridine rings is 1. The molecule has 0 saturated heterocycles. The molecule has 0 amide bonds. The Morgan fingerprint density at radius 1 is 1.12 bits per heavy atom. The summed E-state index contributed by atoms with van der Waals surface area (Å²) in [7, 11) is 0. The lowest BCUT2D eigenvalue weighted by Crippen LogP contribution is -2.14. The molecule has 2 aromatic rings. The molecule has 2 nitrogen and oxygen atoms in total. The molecule has 1 atom stereocenters. The maximum absolute atomic E-state index is 13.4. The van der Waals surface area contributed by atoms with E-state index >= 15 is 0 Å². The molecule has 2 rings (SSSR count). The maximum Gasteiger partial charge on any atom is 0.126 e. The van der Waals surface area contributed by atoms with Crippen LogP contribution in [0.2, 0.25) is 0 Å². The van der Waals surface area contributed by atoms with E-state index < -0.39 is 0 Å². The molecule has 0 saturated carbocycles. The molecule has 0 aliphatic heterocycles. The van der Waals surface area contributed by atoms with Gasteiger partial charge in [0, 0.05) is 18.4 Å². The number of aromatic nitrogens is 1. The zero-order valence-corrected chi connectivity index (χ0v) is 8.81. The first-order chi connectivity index (χ1) is 7.77. The van der Waals surface area contributed by atoms with Crippen molar-refractivity contribution in [3.8, 4) is 0 Å². The van der Waals surface area contributed by atoms with Crippen LogP contribution in [-0.2, 0) is 6.42 Å². The minimum Gasteiger partial charge on any atom is -0.324 e. The molecule has 0 aliphatic carbocycles. The molecular weight excluding hydrogens is 203 g/mol. The lowest BCUT2D eigenvalue weighted by atomic mass is 10.0. The van der Waals surface area contributed by atoms with Crippen molar-refractivity contribution in [3.63, 3.8) is 0 Å². The zero-order chi connectivity index (χ0) is 11.4. The van der Waals surface area contributed by atoms with E-state index in [2.05, 4.69) is 4.98 Å². The molecule has 1 aromatic carbocycles. The Balaban J connectivity index is 2.14. The maximum atomic E-state index is 13.4. The molecule has 82 valence electrons. The van der Waals surface area contributed by atoms with Crippen LogP contribution in [0.25, 0.3) is 0 Å². The third-order valence-corrected chi connectivity index (χ3v) is 2.53. The van der Waals surface area contributed by atoms with Crippen LogP contribution >= 0.6 is 0 Å². The first-order valence-corrected chi connectivity index (χ1v) is 5.16. The minimum atomic E-state index is -0.202. The van der Waals surface area contributed by atoms with Gasteiger partial charge >= 0.3 is 0 Å². The van der Waals surface area contributed by atoms with Crippen molar-refractivity contribution in [2.45, 2.75) is 12.5 Å². The van der Waals surface area contributed by atoms with Crippen molar-refractivity contribution in [3.05, 3.63) is 65.7 Å². The van der Waals surface area contributed by atoms with Gasteiger partial charge in [-0.2, -0.15) is 0 Å². The monoisotopic (exact) mass is 216 g/mol. The lowest BCUT2D eigenvalue weighted by molar-refractivity contribution is 0.593. The summed E-state index contributed by atoms with van der Waals surface area (Å²) in [5.74, 6) is -0.202. The summed E-state index contributed by atoms with van der Waals surface area (Å²) < 4.78 is 13.4. The van der Waals surface area contributed by atoms with Crippen molar-refractivity contribution in [1.29, 1.82) is 0 Å². The molecule has 0 spiro atoms. The van der Waals surface area contributed by atoms with Gasteiger partial charge in [0.15, 0.2) is 0 Å². The second-order valence-corrected chi connectivity index (χ2v) is 3.68. The normalized spacial score (nSPS) is 12.4. The fourth-order valence-electron chi connectivity index (χ4n) is 1.63. The summed E-state index contributed by atoms with van der Waals surface area (Å²) in [6.45, 7) is 0. The van der Waals surface area contributed by atoms with Crippen LogP contribution in [0.15, 0.2) is 48.8 Å². The number of nitrogens with two attached hydrogens (primary N) is 1. The Morgan fingerprint density at radius 3 is 2.50 bits per heavy atom. The van der Waals surface area contributed by atoms with Gasteiger partial charge in [-0.3, -0.25) is 4.98 Å². The first-order valence-electron chi connectivity index (χ1n) is 5.16. The number of halogens is 1. The Bertz CT molecular complexity index is 456. The standard InChI is InChI=1S/C13H13FN2/c14-12-4-2-1-3-11(12)9-13(15)10-5-7-16-8-6-10/h1-8,13H,9,15H2/t13-/m0/s1. The highest BCUT2D eigenvalue weighted by molar-refractivity contribution is 5.22. The molecule has 1 aromatic heterocycles. The number of rotatable bonds is 3. The Morgan fingerprint density at radius 2 is 1.81 bits per heavy atom. The van der Waals surface area contributed by atoms with Crippen LogP contribution in [0.5, 0.6) is 0 Å². The molecular formula is C13H13FN2. The number of nitrogens with zero attached hydrogens (tertiary/aromatic N) is 1. The Kier molecular flexibility index (Phi) is 3.27. The summed E-state index contributed by atoms with van der Waals surface area (Å²) in [5.41, 5.74) is 7.62. The largest absolute Gasteiger partial charge is 0.324 e. The zero-order valence-electron chi connectivity index (χ0n) is 8.81. The smallest absolute Gasteiger partial charge is 0.126 e. The predicted molar refractivity (Wildman–Crippen MR) is 61.3 cm³/mol. The fraction of sp³-hybridized carbons (Fsp3) is 0.154. The van der Waals surface area contributed by atoms with E-state index in [0.29, 0.717) is 12.0 Å². The molecule has 16 heavy (non-hydrogen) atoms. The van der Waals surface area contributed by atoms with Crippen LogP contribution in [0, 0.1) is 5.82 Å². The molecule has 1 heterocycles. The third kappa shape index (κ3) is 2.44. The Hall–Kier alpha value is -1.74. The highest BCUT2D eigenvalue weighted by Gasteiger charge is 2.09. The van der Waals surface area contributed by atoms with Crippen molar-refractivity contribution < 1.29 is 4.39 Å². The molecule has 0 bridgehead atoms. The van der Waals surface area contributed by atoms with Gasteiger partial charge < -0.3 is 5.73 Å². The fourth-order valence-corrected chi connectivity index (χ4v) is 1.63. The summed E-state index contributed by atoms with van der Waals surface area (Å²) in [5, 5.41) is 0. The molecule has 3 heteroatoms. The molecule has 0 aliphatic rings. The topological polar surface area (TPSA) is 38.9 Å². The first kappa shape index (κ1) is 10.8. The SMILES string of the molecule is N[C@@H](Cc1ccccc1F)c1ccncc1. The second-order valence-electron chi connectivity index (χ2n) is 3.68. The van der Waals surface area contributed by atoms with E-state index in [1.165, 1.54) is 6.07 Å². The highest BCUT2D eigenvalue weighted by atomic mass is 19.1. The molecule has 0 unspecified atom stereocenters. The molecule has 0 radical (unpaired) electrons.